The molecule has 2 aromatic rings. The van der Waals surface area contributed by atoms with Crippen LogP contribution >= 0.6 is 15.9 Å². The first-order chi connectivity index (χ1) is 8.97. The largest absolute Gasteiger partial charge is 0.457 e. The molecule has 0 aliphatic heterocycles. The van der Waals surface area contributed by atoms with E-state index in [0.29, 0.717) is 11.3 Å². The molecule has 0 amide bonds. The van der Waals surface area contributed by atoms with Gasteiger partial charge in [0, 0.05) is 10.0 Å². The number of nitrogen functional groups attached to an aromatic ring is 1. The molecule has 19 heavy (non-hydrogen) atoms. The van der Waals surface area contributed by atoms with E-state index in [9.17, 15) is 0 Å². The molecule has 3 N–H and O–H groups in total. The Morgan fingerprint density at radius 3 is 2.47 bits per heavy atom. The second-order valence-corrected chi connectivity index (χ2v) is 5.28. The van der Waals surface area contributed by atoms with E-state index in [2.05, 4.69) is 28.9 Å². The van der Waals surface area contributed by atoms with E-state index in [-0.39, 0.29) is 5.84 Å². The smallest absolute Gasteiger partial charge is 0.130 e. The molecule has 0 aliphatic carbocycles. The topological polar surface area (TPSA) is 59.1 Å². The number of benzene rings is 2. The molecule has 0 saturated heterocycles. The summed E-state index contributed by atoms with van der Waals surface area (Å²) < 4.78 is 6.59. The van der Waals surface area contributed by atoms with Crippen molar-refractivity contribution in [3.63, 3.8) is 0 Å². The van der Waals surface area contributed by atoms with E-state index >= 15 is 0 Å². The van der Waals surface area contributed by atoms with E-state index in [0.717, 1.165) is 15.8 Å². The fourth-order valence-corrected chi connectivity index (χ4v) is 2.39. The van der Waals surface area contributed by atoms with Crippen molar-refractivity contribution in [1.82, 2.24) is 0 Å². The lowest BCUT2D eigenvalue weighted by molar-refractivity contribution is 0.478. The van der Waals surface area contributed by atoms with Crippen molar-refractivity contribution in [1.29, 1.82) is 5.41 Å². The van der Waals surface area contributed by atoms with Crippen LogP contribution in [0, 0.1) is 19.3 Å². The van der Waals surface area contributed by atoms with Crippen molar-refractivity contribution in [2.45, 2.75) is 13.8 Å². The van der Waals surface area contributed by atoms with Crippen molar-refractivity contribution in [3.8, 4) is 11.5 Å². The molecule has 2 rings (SSSR count). The normalized spacial score (nSPS) is 10.3. The fourth-order valence-electron chi connectivity index (χ4n) is 1.82. The minimum absolute atomic E-state index is 0.0324. The third-order valence-electron chi connectivity index (χ3n) is 2.79. The van der Waals surface area contributed by atoms with Crippen molar-refractivity contribution in [2.75, 3.05) is 0 Å². The zero-order valence-corrected chi connectivity index (χ0v) is 12.4. The number of aryl methyl sites for hydroxylation is 2. The zero-order chi connectivity index (χ0) is 14.0. The molecule has 0 heterocycles. The maximum atomic E-state index is 7.43. The Morgan fingerprint density at radius 2 is 1.89 bits per heavy atom. The second-order valence-electron chi connectivity index (χ2n) is 4.43. The summed E-state index contributed by atoms with van der Waals surface area (Å²) in [4.78, 5) is 0. The van der Waals surface area contributed by atoms with Crippen LogP contribution in [0.15, 0.2) is 40.9 Å². The monoisotopic (exact) mass is 318 g/mol. The highest BCUT2D eigenvalue weighted by molar-refractivity contribution is 9.10. The zero-order valence-electron chi connectivity index (χ0n) is 10.8. The van der Waals surface area contributed by atoms with Crippen LogP contribution in [-0.4, -0.2) is 5.84 Å². The van der Waals surface area contributed by atoms with Gasteiger partial charge in [0.1, 0.15) is 17.3 Å². The minimum atomic E-state index is 0.0324. The minimum Gasteiger partial charge on any atom is -0.457 e. The summed E-state index contributed by atoms with van der Waals surface area (Å²) in [5.74, 6) is 1.57. The molecule has 0 unspecified atom stereocenters. The maximum absolute atomic E-state index is 7.43. The molecule has 3 nitrogen and oxygen atoms in total. The summed E-state index contributed by atoms with van der Waals surface area (Å²) in [5.41, 5.74) is 8.43. The first-order valence-corrected chi connectivity index (χ1v) is 6.65. The van der Waals surface area contributed by atoms with Gasteiger partial charge < -0.3 is 10.5 Å². The first-order valence-electron chi connectivity index (χ1n) is 5.86. The van der Waals surface area contributed by atoms with Gasteiger partial charge >= 0.3 is 0 Å². The van der Waals surface area contributed by atoms with E-state index in [4.69, 9.17) is 15.9 Å². The highest BCUT2D eigenvalue weighted by Crippen LogP contribution is 2.29. The molecule has 0 aliphatic rings. The van der Waals surface area contributed by atoms with Crippen LogP contribution in [-0.2, 0) is 0 Å². The van der Waals surface area contributed by atoms with Crippen LogP contribution in [0.2, 0.25) is 0 Å². The molecule has 4 heteroatoms. The lowest BCUT2D eigenvalue weighted by Crippen LogP contribution is -2.11. The average molecular weight is 319 g/mol. The quantitative estimate of drug-likeness (QED) is 0.660. The van der Waals surface area contributed by atoms with Crippen LogP contribution in [0.5, 0.6) is 11.5 Å². The Hall–Kier alpha value is -1.81. The molecule has 0 spiro atoms. The fraction of sp³-hybridized carbons (Fsp3) is 0.133. The van der Waals surface area contributed by atoms with Gasteiger partial charge in [-0.15, -0.1) is 0 Å². The number of hydrogen-bond donors (Lipinski definition) is 2. The molecule has 98 valence electrons. The number of nitrogens with two attached hydrogens (primary N) is 1. The standard InChI is InChI=1S/C15H15BrN2O/c1-9-3-6-14(10(2)7-9)19-11-4-5-12(15(17)18)13(16)8-11/h3-8H,1-2H3,(H3,17,18). The van der Waals surface area contributed by atoms with Crippen molar-refractivity contribution < 1.29 is 4.74 Å². The van der Waals surface area contributed by atoms with Crippen LogP contribution in [0.1, 0.15) is 16.7 Å². The SMILES string of the molecule is Cc1ccc(Oc2ccc(C(=N)N)c(Br)c2)c(C)c1. The lowest BCUT2D eigenvalue weighted by Gasteiger charge is -2.11. The van der Waals surface area contributed by atoms with Gasteiger partial charge in [-0.3, -0.25) is 5.41 Å². The van der Waals surface area contributed by atoms with Gasteiger partial charge in [-0.25, -0.2) is 0 Å². The number of rotatable bonds is 3. The first kappa shape index (κ1) is 13.6. The summed E-state index contributed by atoms with van der Waals surface area (Å²) in [7, 11) is 0. The second kappa shape index (κ2) is 5.45. The highest BCUT2D eigenvalue weighted by Gasteiger charge is 2.06. The number of halogens is 1. The molecular weight excluding hydrogens is 304 g/mol. The summed E-state index contributed by atoms with van der Waals surface area (Å²) >= 11 is 3.39. The van der Waals surface area contributed by atoms with Gasteiger partial charge in [0.15, 0.2) is 0 Å². The lowest BCUT2D eigenvalue weighted by atomic mass is 10.1. The predicted octanol–water partition coefficient (Wildman–Crippen LogP) is 4.14. The average Bonchev–Trinajstić information content (AvgIpc) is 2.32. The molecule has 0 fully saturated rings. The summed E-state index contributed by atoms with van der Waals surface area (Å²) in [5, 5.41) is 7.43. The highest BCUT2D eigenvalue weighted by atomic mass is 79.9. The van der Waals surface area contributed by atoms with Crippen LogP contribution in [0.4, 0.5) is 0 Å². The van der Waals surface area contributed by atoms with Crippen LogP contribution in [0.25, 0.3) is 0 Å². The van der Waals surface area contributed by atoms with Gasteiger partial charge in [-0.05, 0) is 59.6 Å². The van der Waals surface area contributed by atoms with Gasteiger partial charge in [-0.2, -0.15) is 0 Å². The summed E-state index contributed by atoms with van der Waals surface area (Å²) in [6.45, 7) is 4.07. The van der Waals surface area contributed by atoms with Gasteiger partial charge in [-0.1, -0.05) is 17.7 Å². The van der Waals surface area contributed by atoms with Crippen LogP contribution < -0.4 is 10.5 Å². The van der Waals surface area contributed by atoms with E-state index in [1.807, 2.05) is 25.1 Å². The van der Waals surface area contributed by atoms with Gasteiger partial charge in [0.25, 0.3) is 0 Å². The van der Waals surface area contributed by atoms with E-state index in [1.54, 1.807) is 12.1 Å². The molecular formula is C15H15BrN2O. The number of nitrogens with one attached hydrogen (secondary N) is 1. The Kier molecular flexibility index (Phi) is 3.90. The van der Waals surface area contributed by atoms with Crippen molar-refractivity contribution >= 4 is 21.8 Å². The third-order valence-corrected chi connectivity index (χ3v) is 3.45. The molecule has 0 bridgehead atoms. The van der Waals surface area contributed by atoms with Crippen LogP contribution in [0.3, 0.4) is 0 Å². The van der Waals surface area contributed by atoms with E-state index < -0.39 is 0 Å². The Labute approximate surface area is 121 Å². The molecule has 2 aromatic carbocycles. The van der Waals surface area contributed by atoms with Gasteiger partial charge in [0.2, 0.25) is 0 Å². The molecule has 0 radical (unpaired) electrons. The summed E-state index contributed by atoms with van der Waals surface area (Å²) in [6.07, 6.45) is 0. The number of amidine groups is 1. The Balaban J connectivity index is 2.29. The van der Waals surface area contributed by atoms with Crippen molar-refractivity contribution in [2.24, 2.45) is 5.73 Å². The predicted molar refractivity (Wildman–Crippen MR) is 81.1 cm³/mol. The Morgan fingerprint density at radius 1 is 1.16 bits per heavy atom. The van der Waals surface area contributed by atoms with E-state index in [1.165, 1.54) is 5.56 Å². The Bertz CT molecular complexity index is 638. The molecule has 0 aromatic heterocycles. The maximum Gasteiger partial charge on any atom is 0.130 e. The number of hydrogen-bond acceptors (Lipinski definition) is 2. The third kappa shape index (κ3) is 3.15. The van der Waals surface area contributed by atoms with Gasteiger partial charge in [0.05, 0.1) is 0 Å². The van der Waals surface area contributed by atoms with Crippen molar-refractivity contribution in [3.05, 3.63) is 57.6 Å². The summed E-state index contributed by atoms with van der Waals surface area (Å²) in [6, 6.07) is 11.4. The number of ether oxygens (including phenoxy) is 1. The molecule has 0 atom stereocenters. The molecule has 0 saturated carbocycles.